The smallest absolute Gasteiger partial charge is 0.339 e. The van der Waals surface area contributed by atoms with Gasteiger partial charge < -0.3 is 10.2 Å². The second-order valence-corrected chi connectivity index (χ2v) is 2.22. The van der Waals surface area contributed by atoms with Gasteiger partial charge in [-0.3, -0.25) is 19.3 Å². The fourth-order valence-electron chi connectivity index (χ4n) is 0.686. The SMILES string of the molecule is O=CNOC(C(=O)O)C(ONC=O)C(=O)O. The second-order valence-electron chi connectivity index (χ2n) is 2.22. The first-order valence-electron chi connectivity index (χ1n) is 3.69. The van der Waals surface area contributed by atoms with Gasteiger partial charge in [0.15, 0.2) is 0 Å². The Labute approximate surface area is 88.0 Å². The molecule has 2 amide bonds. The molecule has 2 unspecified atom stereocenters. The van der Waals surface area contributed by atoms with Crippen molar-refractivity contribution in [3.05, 3.63) is 0 Å². The van der Waals surface area contributed by atoms with Crippen molar-refractivity contribution in [2.24, 2.45) is 0 Å². The molecule has 0 aromatic rings. The Morgan fingerprint density at radius 3 is 1.44 bits per heavy atom. The van der Waals surface area contributed by atoms with Crippen molar-refractivity contribution in [3.63, 3.8) is 0 Å². The summed E-state index contributed by atoms with van der Waals surface area (Å²) >= 11 is 0. The zero-order valence-corrected chi connectivity index (χ0v) is 7.65. The van der Waals surface area contributed by atoms with Crippen LogP contribution in [0.15, 0.2) is 0 Å². The largest absolute Gasteiger partial charge is 0.479 e. The highest BCUT2D eigenvalue weighted by Gasteiger charge is 2.37. The molecule has 0 aromatic carbocycles. The average molecular weight is 236 g/mol. The monoisotopic (exact) mass is 236 g/mol. The van der Waals surface area contributed by atoms with Crippen LogP contribution >= 0.6 is 0 Å². The lowest BCUT2D eigenvalue weighted by Gasteiger charge is -2.18. The minimum absolute atomic E-state index is 0.00199. The van der Waals surface area contributed by atoms with Gasteiger partial charge in [0.05, 0.1) is 0 Å². The maximum absolute atomic E-state index is 10.6. The van der Waals surface area contributed by atoms with Gasteiger partial charge in [0.1, 0.15) is 0 Å². The second kappa shape index (κ2) is 7.14. The maximum atomic E-state index is 10.6. The van der Waals surface area contributed by atoms with Gasteiger partial charge in [-0.2, -0.15) is 0 Å². The van der Waals surface area contributed by atoms with Gasteiger partial charge in [-0.15, -0.1) is 0 Å². The Balaban J connectivity index is 4.64. The third kappa shape index (κ3) is 4.34. The summed E-state index contributed by atoms with van der Waals surface area (Å²) in [5.74, 6) is -3.40. The normalized spacial score (nSPS) is 13.2. The number of carboxylic acid groups (broad SMARTS) is 2. The van der Waals surface area contributed by atoms with Crippen molar-refractivity contribution < 1.29 is 39.1 Å². The summed E-state index contributed by atoms with van der Waals surface area (Å²) < 4.78 is 0. The number of carbonyl (C=O) groups excluding carboxylic acids is 2. The van der Waals surface area contributed by atoms with E-state index in [0.717, 1.165) is 0 Å². The predicted molar refractivity (Wildman–Crippen MR) is 43.4 cm³/mol. The number of amides is 2. The molecule has 0 saturated heterocycles. The highest BCUT2D eigenvalue weighted by molar-refractivity contribution is 5.83. The molecule has 0 aliphatic rings. The van der Waals surface area contributed by atoms with E-state index in [9.17, 15) is 19.2 Å². The fourth-order valence-corrected chi connectivity index (χ4v) is 0.686. The van der Waals surface area contributed by atoms with E-state index in [1.165, 1.54) is 11.0 Å². The van der Waals surface area contributed by atoms with Crippen molar-refractivity contribution in [1.29, 1.82) is 0 Å². The maximum Gasteiger partial charge on any atom is 0.339 e. The highest BCUT2D eigenvalue weighted by Crippen LogP contribution is 2.02. The molecule has 0 radical (unpaired) electrons. The summed E-state index contributed by atoms with van der Waals surface area (Å²) in [5, 5.41) is 17.2. The van der Waals surface area contributed by atoms with Gasteiger partial charge in [-0.25, -0.2) is 20.5 Å². The molecule has 10 nitrogen and oxygen atoms in total. The molecular formula is C6H8N2O8. The Hall–Kier alpha value is -2.20. The van der Waals surface area contributed by atoms with Gasteiger partial charge in [-0.1, -0.05) is 0 Å². The Bertz CT molecular complexity index is 252. The molecule has 0 aliphatic carbocycles. The number of hydrogen-bond acceptors (Lipinski definition) is 6. The summed E-state index contributed by atoms with van der Waals surface area (Å²) in [5.41, 5.74) is 3.04. The summed E-state index contributed by atoms with van der Waals surface area (Å²) in [6.45, 7) is 0. The molecule has 0 aromatic heterocycles. The topological polar surface area (TPSA) is 151 Å². The van der Waals surface area contributed by atoms with Crippen LogP contribution < -0.4 is 11.0 Å². The van der Waals surface area contributed by atoms with Gasteiger partial charge >= 0.3 is 11.9 Å². The van der Waals surface area contributed by atoms with Crippen molar-refractivity contribution in [1.82, 2.24) is 11.0 Å². The van der Waals surface area contributed by atoms with Crippen molar-refractivity contribution in [2.75, 3.05) is 0 Å². The molecule has 0 saturated carbocycles. The van der Waals surface area contributed by atoms with Gasteiger partial charge in [0.2, 0.25) is 25.0 Å². The van der Waals surface area contributed by atoms with E-state index in [1.54, 1.807) is 0 Å². The molecule has 0 fully saturated rings. The first-order valence-corrected chi connectivity index (χ1v) is 3.69. The third-order valence-electron chi connectivity index (χ3n) is 1.25. The van der Waals surface area contributed by atoms with Crippen LogP contribution in [0.2, 0.25) is 0 Å². The molecule has 0 heterocycles. The predicted octanol–water partition coefficient (Wildman–Crippen LogP) is -2.75. The lowest BCUT2D eigenvalue weighted by atomic mass is 10.2. The number of hydroxylamine groups is 2. The van der Waals surface area contributed by atoms with Crippen molar-refractivity contribution >= 4 is 24.8 Å². The van der Waals surface area contributed by atoms with Crippen LogP contribution in [0.1, 0.15) is 0 Å². The van der Waals surface area contributed by atoms with Crippen LogP contribution in [0.25, 0.3) is 0 Å². The lowest BCUT2D eigenvalue weighted by molar-refractivity contribution is -0.191. The molecule has 90 valence electrons. The third-order valence-corrected chi connectivity index (χ3v) is 1.25. The summed E-state index contributed by atoms with van der Waals surface area (Å²) in [4.78, 5) is 49.2. The Morgan fingerprint density at radius 1 is 0.938 bits per heavy atom. The Kier molecular flexibility index (Phi) is 6.16. The van der Waals surface area contributed by atoms with Crippen LogP contribution in [0.3, 0.4) is 0 Å². The van der Waals surface area contributed by atoms with Gasteiger partial charge in [0, 0.05) is 0 Å². The standard InChI is InChI=1S/C6H8N2O8/c9-1-7-15-3(5(11)12)4(6(13)14)16-8-2-10/h1-4H,(H,7,9)(H,8,10)(H,11,12)(H,13,14). The van der Waals surface area contributed by atoms with E-state index >= 15 is 0 Å². The van der Waals surface area contributed by atoms with E-state index in [4.69, 9.17) is 10.2 Å². The van der Waals surface area contributed by atoms with E-state index in [1.807, 2.05) is 0 Å². The number of carboxylic acids is 2. The molecule has 4 N–H and O–H groups in total. The molecule has 0 aliphatic heterocycles. The van der Waals surface area contributed by atoms with E-state index in [-0.39, 0.29) is 12.8 Å². The average Bonchev–Trinajstić information content (AvgIpc) is 2.21. The zero-order valence-electron chi connectivity index (χ0n) is 7.65. The van der Waals surface area contributed by atoms with E-state index in [2.05, 4.69) is 9.68 Å². The van der Waals surface area contributed by atoms with Crippen LogP contribution in [-0.4, -0.2) is 47.2 Å². The zero-order chi connectivity index (χ0) is 12.6. The first-order chi connectivity index (χ1) is 7.54. The van der Waals surface area contributed by atoms with Crippen LogP contribution in [-0.2, 0) is 28.9 Å². The van der Waals surface area contributed by atoms with E-state index in [0.29, 0.717) is 0 Å². The van der Waals surface area contributed by atoms with Crippen LogP contribution in [0.4, 0.5) is 0 Å². The van der Waals surface area contributed by atoms with Gasteiger partial charge in [0.25, 0.3) is 0 Å². The quantitative estimate of drug-likeness (QED) is 0.248. The molecule has 0 spiro atoms. The molecular weight excluding hydrogens is 228 g/mol. The molecule has 0 bridgehead atoms. The molecule has 0 rings (SSSR count). The van der Waals surface area contributed by atoms with Gasteiger partial charge in [-0.05, 0) is 0 Å². The Morgan fingerprint density at radius 2 is 1.25 bits per heavy atom. The van der Waals surface area contributed by atoms with Crippen LogP contribution in [0, 0.1) is 0 Å². The number of rotatable bonds is 9. The van der Waals surface area contributed by atoms with E-state index < -0.39 is 24.1 Å². The van der Waals surface area contributed by atoms with Crippen LogP contribution in [0.5, 0.6) is 0 Å². The lowest BCUT2D eigenvalue weighted by Crippen LogP contribution is -2.48. The molecule has 2 atom stereocenters. The number of nitrogens with one attached hydrogen (secondary N) is 2. The van der Waals surface area contributed by atoms with Crippen molar-refractivity contribution in [2.45, 2.75) is 12.2 Å². The summed E-state index contributed by atoms with van der Waals surface area (Å²) in [6, 6.07) is 0. The number of hydrogen-bond donors (Lipinski definition) is 4. The summed E-state index contributed by atoms with van der Waals surface area (Å²) in [6.07, 6.45) is -4.03. The number of carbonyl (C=O) groups is 4. The number of aliphatic carboxylic acids is 2. The summed E-state index contributed by atoms with van der Waals surface area (Å²) in [7, 11) is 0. The first kappa shape index (κ1) is 13.8. The molecule has 16 heavy (non-hydrogen) atoms. The van der Waals surface area contributed by atoms with Crippen molar-refractivity contribution in [3.8, 4) is 0 Å². The fraction of sp³-hybridized carbons (Fsp3) is 0.333. The minimum atomic E-state index is -2.02. The minimum Gasteiger partial charge on any atom is -0.479 e. The highest BCUT2D eigenvalue weighted by atomic mass is 16.7. The molecule has 10 heteroatoms.